The molecule has 1 atom stereocenters. The van der Waals surface area contributed by atoms with Crippen molar-refractivity contribution < 1.29 is 9.53 Å². The van der Waals surface area contributed by atoms with E-state index in [1.807, 2.05) is 30.3 Å². The molecule has 3 aliphatic rings. The highest BCUT2D eigenvalue weighted by atomic mass is 16.5. The quantitative estimate of drug-likeness (QED) is 0.603. The summed E-state index contributed by atoms with van der Waals surface area (Å²) in [6.45, 7) is 1.80. The zero-order chi connectivity index (χ0) is 18.8. The predicted molar refractivity (Wildman–Crippen MR) is 99.4 cm³/mol. The van der Waals surface area contributed by atoms with Crippen LogP contribution in [0.2, 0.25) is 0 Å². The Bertz CT molecular complexity index is 728. The normalized spacial score (nSPS) is 30.2. The third-order valence-corrected chi connectivity index (χ3v) is 6.13. The van der Waals surface area contributed by atoms with Gasteiger partial charge in [0.2, 0.25) is 5.91 Å². The number of aliphatic imine (C=N–C) groups is 1. The zero-order valence-electron chi connectivity index (χ0n) is 15.2. The Morgan fingerprint density at radius 2 is 1.77 bits per heavy atom. The molecule has 6 heteroatoms. The van der Waals surface area contributed by atoms with Crippen LogP contribution in [0.4, 0.5) is 0 Å². The summed E-state index contributed by atoms with van der Waals surface area (Å²) >= 11 is 0. The maximum Gasteiger partial charge on any atom is 0.223 e. The molecule has 4 N–H and O–H groups in total. The van der Waals surface area contributed by atoms with Gasteiger partial charge in [-0.05, 0) is 57.6 Å². The molecule has 3 fully saturated rings. The molecule has 1 aromatic rings. The van der Waals surface area contributed by atoms with E-state index in [1.165, 1.54) is 0 Å². The van der Waals surface area contributed by atoms with Gasteiger partial charge in [-0.2, -0.15) is 5.26 Å². The highest BCUT2D eigenvalue weighted by molar-refractivity contribution is 5.90. The van der Waals surface area contributed by atoms with Gasteiger partial charge in [-0.25, -0.2) is 0 Å². The molecule has 0 spiro atoms. The summed E-state index contributed by atoms with van der Waals surface area (Å²) in [4.78, 5) is 16.7. The fourth-order valence-electron chi connectivity index (χ4n) is 4.16. The Morgan fingerprint density at radius 1 is 1.19 bits per heavy atom. The summed E-state index contributed by atoms with van der Waals surface area (Å²) in [5, 5.41) is 9.27. The molecule has 26 heavy (non-hydrogen) atoms. The summed E-state index contributed by atoms with van der Waals surface area (Å²) in [5.74, 6) is 0.807. The summed E-state index contributed by atoms with van der Waals surface area (Å²) in [6, 6.07) is 11.5. The topological polar surface area (TPSA) is 114 Å². The molecule has 0 aliphatic heterocycles. The average Bonchev–Trinajstić information content (AvgIpc) is 2.64. The highest BCUT2D eigenvalue weighted by Gasteiger charge is 2.52. The lowest BCUT2D eigenvalue weighted by Gasteiger charge is -2.50. The first kappa shape index (κ1) is 18.2. The second kappa shape index (κ2) is 6.64. The van der Waals surface area contributed by atoms with Gasteiger partial charge in [0.15, 0.2) is 5.60 Å². The number of para-hydroxylation sites is 1. The number of hydrogen-bond acceptors (Lipinski definition) is 4. The number of nitrogens with two attached hydrogens (primary N) is 2. The minimum Gasteiger partial charge on any atom is -0.479 e. The number of amidine groups is 1. The Labute approximate surface area is 154 Å². The van der Waals surface area contributed by atoms with Crippen LogP contribution in [-0.2, 0) is 4.79 Å². The van der Waals surface area contributed by atoms with Gasteiger partial charge in [-0.1, -0.05) is 18.2 Å². The smallest absolute Gasteiger partial charge is 0.223 e. The number of amides is 1. The first-order chi connectivity index (χ1) is 12.3. The summed E-state index contributed by atoms with van der Waals surface area (Å²) < 4.78 is 6.05. The lowest BCUT2D eigenvalue weighted by atomic mass is 9.57. The number of carbonyl (C=O) groups is 1. The molecule has 138 valence electrons. The van der Waals surface area contributed by atoms with Crippen molar-refractivity contribution in [3.8, 4) is 11.8 Å². The molecular weight excluding hydrogens is 328 g/mol. The monoisotopic (exact) mass is 354 g/mol. The number of rotatable bonds is 6. The maximum absolute atomic E-state index is 11.8. The first-order valence-electron chi connectivity index (χ1n) is 9.10. The van der Waals surface area contributed by atoms with E-state index < -0.39 is 5.60 Å². The fourth-order valence-corrected chi connectivity index (χ4v) is 4.16. The van der Waals surface area contributed by atoms with Crippen molar-refractivity contribution in [3.05, 3.63) is 30.3 Å². The standard InChI is InChI=1S/C20H26N4O2/c1-18(13-14-21,26-15-5-3-2-4-6-15)16(22)24-20-10-7-19(8-11-20,9-12-20)17(23)25/h2-6H,7-13H2,1H3,(H2,22,24)(H2,23,25). The van der Waals surface area contributed by atoms with Crippen molar-refractivity contribution in [2.24, 2.45) is 21.9 Å². The Hall–Kier alpha value is -2.55. The second-order valence-corrected chi connectivity index (χ2v) is 7.85. The predicted octanol–water partition coefficient (Wildman–Crippen LogP) is 2.67. The van der Waals surface area contributed by atoms with E-state index in [0.717, 1.165) is 38.5 Å². The van der Waals surface area contributed by atoms with E-state index in [0.29, 0.717) is 11.6 Å². The van der Waals surface area contributed by atoms with Crippen LogP contribution in [0.1, 0.15) is 51.9 Å². The van der Waals surface area contributed by atoms with Crippen molar-refractivity contribution in [3.63, 3.8) is 0 Å². The van der Waals surface area contributed by atoms with Crippen LogP contribution in [-0.4, -0.2) is 22.9 Å². The van der Waals surface area contributed by atoms with E-state index in [4.69, 9.17) is 21.2 Å². The molecule has 3 saturated carbocycles. The molecule has 0 radical (unpaired) electrons. The van der Waals surface area contributed by atoms with Crippen molar-refractivity contribution in [2.45, 2.75) is 63.0 Å². The molecule has 0 heterocycles. The molecule has 1 aromatic carbocycles. The largest absolute Gasteiger partial charge is 0.479 e. The lowest BCUT2D eigenvalue weighted by molar-refractivity contribution is -0.133. The van der Waals surface area contributed by atoms with E-state index in [-0.39, 0.29) is 23.3 Å². The number of nitriles is 1. The molecule has 0 aromatic heterocycles. The molecular formula is C20H26N4O2. The van der Waals surface area contributed by atoms with Gasteiger partial charge in [0.05, 0.1) is 18.0 Å². The van der Waals surface area contributed by atoms with Gasteiger partial charge in [0, 0.05) is 5.41 Å². The van der Waals surface area contributed by atoms with Gasteiger partial charge in [0.25, 0.3) is 0 Å². The first-order valence-corrected chi connectivity index (χ1v) is 9.10. The molecule has 2 bridgehead atoms. The van der Waals surface area contributed by atoms with Gasteiger partial charge in [-0.3, -0.25) is 9.79 Å². The third-order valence-electron chi connectivity index (χ3n) is 6.13. The van der Waals surface area contributed by atoms with Crippen LogP contribution >= 0.6 is 0 Å². The minimum atomic E-state index is -0.986. The number of nitrogens with zero attached hydrogens (tertiary/aromatic N) is 2. The zero-order valence-corrected chi connectivity index (χ0v) is 15.2. The van der Waals surface area contributed by atoms with Crippen LogP contribution in [0.3, 0.4) is 0 Å². The van der Waals surface area contributed by atoms with Gasteiger partial charge < -0.3 is 16.2 Å². The van der Waals surface area contributed by atoms with Crippen molar-refractivity contribution >= 4 is 11.7 Å². The number of fused-ring (bicyclic) bond motifs is 3. The molecule has 1 unspecified atom stereocenters. The van der Waals surface area contributed by atoms with E-state index >= 15 is 0 Å². The number of carbonyl (C=O) groups excluding carboxylic acids is 1. The number of benzene rings is 1. The van der Waals surface area contributed by atoms with Gasteiger partial charge in [-0.15, -0.1) is 0 Å². The number of primary amides is 1. The van der Waals surface area contributed by atoms with E-state index in [2.05, 4.69) is 6.07 Å². The summed E-state index contributed by atoms with van der Waals surface area (Å²) in [6.07, 6.45) is 4.77. The Balaban J connectivity index is 1.83. The summed E-state index contributed by atoms with van der Waals surface area (Å²) in [7, 11) is 0. The summed E-state index contributed by atoms with van der Waals surface area (Å²) in [5.41, 5.74) is 10.4. The highest BCUT2D eigenvalue weighted by Crippen LogP contribution is 2.54. The minimum absolute atomic E-state index is 0.110. The molecule has 6 nitrogen and oxygen atoms in total. The van der Waals surface area contributed by atoms with Crippen LogP contribution in [0.25, 0.3) is 0 Å². The van der Waals surface area contributed by atoms with Gasteiger partial charge in [0.1, 0.15) is 11.6 Å². The maximum atomic E-state index is 11.8. The average molecular weight is 354 g/mol. The molecule has 1 amide bonds. The lowest BCUT2D eigenvalue weighted by Crippen LogP contribution is -2.53. The fraction of sp³-hybridized carbons (Fsp3) is 0.550. The second-order valence-electron chi connectivity index (χ2n) is 7.85. The Kier molecular flexibility index (Phi) is 4.66. The van der Waals surface area contributed by atoms with E-state index in [9.17, 15) is 10.1 Å². The number of hydrogen-bond donors (Lipinski definition) is 2. The number of ether oxygens (including phenoxy) is 1. The molecule has 0 saturated heterocycles. The van der Waals surface area contributed by atoms with Gasteiger partial charge >= 0.3 is 0 Å². The van der Waals surface area contributed by atoms with Crippen molar-refractivity contribution in [1.29, 1.82) is 5.26 Å². The van der Waals surface area contributed by atoms with Crippen molar-refractivity contribution in [1.82, 2.24) is 0 Å². The molecule has 4 rings (SSSR count). The van der Waals surface area contributed by atoms with Crippen LogP contribution in [0.15, 0.2) is 35.3 Å². The Morgan fingerprint density at radius 3 is 2.27 bits per heavy atom. The van der Waals surface area contributed by atoms with Crippen LogP contribution < -0.4 is 16.2 Å². The molecule has 3 aliphatic carbocycles. The van der Waals surface area contributed by atoms with Crippen molar-refractivity contribution in [2.75, 3.05) is 0 Å². The van der Waals surface area contributed by atoms with E-state index in [1.54, 1.807) is 6.92 Å². The SMILES string of the molecule is CC(CC#N)(Oc1ccccc1)C(N)=NC12CCC(C(N)=O)(CC1)CC2. The third kappa shape index (κ3) is 3.26. The van der Waals surface area contributed by atoms with Crippen LogP contribution in [0.5, 0.6) is 5.75 Å². The van der Waals surface area contributed by atoms with Crippen LogP contribution in [0, 0.1) is 16.7 Å².